The number of phenols is 1. The molecule has 0 fully saturated rings. The number of aliphatic hydroxyl groups is 1. The van der Waals surface area contributed by atoms with Gasteiger partial charge in [-0.3, -0.25) is 4.79 Å². The van der Waals surface area contributed by atoms with Crippen LogP contribution in [0.3, 0.4) is 0 Å². The van der Waals surface area contributed by atoms with Crippen LogP contribution in [0, 0.1) is 6.92 Å². The van der Waals surface area contributed by atoms with Crippen molar-refractivity contribution >= 4 is 5.91 Å². The average Bonchev–Trinajstić information content (AvgIpc) is 2.17. The molecule has 0 aliphatic rings. The Labute approximate surface area is 88.6 Å². The van der Waals surface area contributed by atoms with E-state index in [1.807, 2.05) is 0 Å². The van der Waals surface area contributed by atoms with Gasteiger partial charge in [-0.2, -0.15) is 0 Å². The van der Waals surface area contributed by atoms with E-state index in [1.54, 1.807) is 19.1 Å². The maximum Gasteiger partial charge on any atom is 0.251 e. The molecule has 1 amide bonds. The average molecular weight is 209 g/mol. The topological polar surface area (TPSA) is 69.6 Å². The number of amides is 1. The molecule has 1 aromatic carbocycles. The zero-order valence-corrected chi connectivity index (χ0v) is 8.66. The Morgan fingerprint density at radius 1 is 1.47 bits per heavy atom. The number of carbonyl (C=O) groups is 1. The molecular weight excluding hydrogens is 194 g/mol. The maximum absolute atomic E-state index is 11.6. The molecule has 0 aromatic heterocycles. The number of aryl methyl sites for hydroxylation is 1. The Bertz CT molecular complexity index is 350. The van der Waals surface area contributed by atoms with Crippen LogP contribution in [0.5, 0.6) is 5.75 Å². The summed E-state index contributed by atoms with van der Waals surface area (Å²) < 4.78 is 0. The summed E-state index contributed by atoms with van der Waals surface area (Å²) in [6.07, 6.45) is 0.545. The van der Waals surface area contributed by atoms with E-state index in [1.165, 1.54) is 6.07 Å². The third kappa shape index (κ3) is 3.25. The number of nitrogens with one attached hydrogen (secondary N) is 1. The van der Waals surface area contributed by atoms with Crippen LogP contribution in [0.15, 0.2) is 18.2 Å². The molecule has 3 N–H and O–H groups in total. The Kier molecular flexibility index (Phi) is 4.12. The molecule has 0 unspecified atom stereocenters. The van der Waals surface area contributed by atoms with E-state index in [-0.39, 0.29) is 18.3 Å². The monoisotopic (exact) mass is 209 g/mol. The SMILES string of the molecule is Cc1cc(O)ccc1C(=O)NCCCO. The molecular formula is C11H15NO3. The predicted octanol–water partition coefficient (Wildman–Crippen LogP) is 0.813. The third-order valence-corrected chi connectivity index (χ3v) is 2.08. The number of rotatable bonds is 4. The van der Waals surface area contributed by atoms with E-state index in [0.717, 1.165) is 5.56 Å². The van der Waals surface area contributed by atoms with Crippen LogP contribution in [0.4, 0.5) is 0 Å². The van der Waals surface area contributed by atoms with Crippen LogP contribution in [-0.2, 0) is 0 Å². The summed E-state index contributed by atoms with van der Waals surface area (Å²) in [5.41, 5.74) is 1.28. The Morgan fingerprint density at radius 2 is 2.20 bits per heavy atom. The molecule has 0 aliphatic carbocycles. The number of phenolic OH excluding ortho intramolecular Hbond substituents is 1. The van der Waals surface area contributed by atoms with Gasteiger partial charge in [0.05, 0.1) is 0 Å². The van der Waals surface area contributed by atoms with Gasteiger partial charge < -0.3 is 15.5 Å². The number of hydrogen-bond donors (Lipinski definition) is 3. The molecule has 15 heavy (non-hydrogen) atoms. The molecule has 0 saturated heterocycles. The second kappa shape index (κ2) is 5.36. The van der Waals surface area contributed by atoms with E-state index in [4.69, 9.17) is 10.2 Å². The molecule has 4 heteroatoms. The predicted molar refractivity (Wildman–Crippen MR) is 56.9 cm³/mol. The second-order valence-corrected chi connectivity index (χ2v) is 3.33. The summed E-state index contributed by atoms with van der Waals surface area (Å²) in [6.45, 7) is 2.28. The lowest BCUT2D eigenvalue weighted by Gasteiger charge is -2.07. The van der Waals surface area contributed by atoms with Crippen molar-refractivity contribution in [3.8, 4) is 5.75 Å². The van der Waals surface area contributed by atoms with Crippen molar-refractivity contribution in [3.05, 3.63) is 29.3 Å². The van der Waals surface area contributed by atoms with Gasteiger partial charge in [-0.15, -0.1) is 0 Å². The minimum atomic E-state index is -0.180. The molecule has 0 saturated carbocycles. The Morgan fingerprint density at radius 3 is 2.80 bits per heavy atom. The zero-order valence-electron chi connectivity index (χ0n) is 8.66. The molecule has 0 spiro atoms. The van der Waals surface area contributed by atoms with Gasteiger partial charge in [-0.05, 0) is 37.1 Å². The Hall–Kier alpha value is -1.55. The maximum atomic E-state index is 11.6. The van der Waals surface area contributed by atoms with Crippen LogP contribution in [-0.4, -0.2) is 29.3 Å². The highest BCUT2D eigenvalue weighted by molar-refractivity contribution is 5.95. The fraction of sp³-hybridized carbons (Fsp3) is 0.364. The van der Waals surface area contributed by atoms with Crippen molar-refractivity contribution in [2.45, 2.75) is 13.3 Å². The van der Waals surface area contributed by atoms with E-state index in [2.05, 4.69) is 5.32 Å². The second-order valence-electron chi connectivity index (χ2n) is 3.33. The molecule has 0 atom stereocenters. The first-order valence-electron chi connectivity index (χ1n) is 4.84. The highest BCUT2D eigenvalue weighted by Gasteiger charge is 2.08. The summed E-state index contributed by atoms with van der Waals surface area (Å²) in [4.78, 5) is 11.6. The molecule has 0 aliphatic heterocycles. The largest absolute Gasteiger partial charge is 0.508 e. The van der Waals surface area contributed by atoms with Crippen molar-refractivity contribution < 1.29 is 15.0 Å². The highest BCUT2D eigenvalue weighted by atomic mass is 16.3. The van der Waals surface area contributed by atoms with Gasteiger partial charge in [0.25, 0.3) is 5.91 Å². The number of aliphatic hydroxyl groups excluding tert-OH is 1. The summed E-state index contributed by atoms with van der Waals surface area (Å²) >= 11 is 0. The molecule has 4 nitrogen and oxygen atoms in total. The van der Waals surface area contributed by atoms with E-state index < -0.39 is 0 Å². The van der Waals surface area contributed by atoms with Crippen molar-refractivity contribution in [1.82, 2.24) is 5.32 Å². The van der Waals surface area contributed by atoms with Crippen LogP contribution >= 0.6 is 0 Å². The first-order valence-corrected chi connectivity index (χ1v) is 4.84. The normalized spacial score (nSPS) is 10.0. The number of aromatic hydroxyl groups is 1. The summed E-state index contributed by atoms with van der Waals surface area (Å²) in [5.74, 6) is -0.0274. The van der Waals surface area contributed by atoms with Crippen molar-refractivity contribution in [2.24, 2.45) is 0 Å². The lowest BCUT2D eigenvalue weighted by molar-refractivity contribution is 0.0950. The van der Waals surface area contributed by atoms with Gasteiger partial charge in [-0.1, -0.05) is 0 Å². The number of benzene rings is 1. The molecule has 0 radical (unpaired) electrons. The number of hydrogen-bond acceptors (Lipinski definition) is 3. The first-order chi connectivity index (χ1) is 7.15. The third-order valence-electron chi connectivity index (χ3n) is 2.08. The lowest BCUT2D eigenvalue weighted by Crippen LogP contribution is -2.25. The van der Waals surface area contributed by atoms with E-state index >= 15 is 0 Å². The minimum Gasteiger partial charge on any atom is -0.508 e. The molecule has 1 aromatic rings. The van der Waals surface area contributed by atoms with E-state index in [0.29, 0.717) is 18.5 Å². The van der Waals surface area contributed by atoms with E-state index in [9.17, 15) is 4.79 Å². The van der Waals surface area contributed by atoms with Crippen LogP contribution in [0.25, 0.3) is 0 Å². The fourth-order valence-electron chi connectivity index (χ4n) is 1.28. The van der Waals surface area contributed by atoms with Crippen molar-refractivity contribution in [1.29, 1.82) is 0 Å². The van der Waals surface area contributed by atoms with Crippen LogP contribution in [0.2, 0.25) is 0 Å². The molecule has 82 valence electrons. The first kappa shape index (κ1) is 11.5. The van der Waals surface area contributed by atoms with Crippen LogP contribution < -0.4 is 5.32 Å². The lowest BCUT2D eigenvalue weighted by atomic mass is 10.1. The minimum absolute atomic E-state index is 0.0643. The molecule has 0 heterocycles. The summed E-state index contributed by atoms with van der Waals surface area (Å²) in [5, 5.41) is 20.4. The smallest absolute Gasteiger partial charge is 0.251 e. The van der Waals surface area contributed by atoms with Gasteiger partial charge in [-0.25, -0.2) is 0 Å². The van der Waals surface area contributed by atoms with Gasteiger partial charge in [0.1, 0.15) is 5.75 Å². The van der Waals surface area contributed by atoms with Gasteiger partial charge in [0.2, 0.25) is 0 Å². The fourth-order valence-corrected chi connectivity index (χ4v) is 1.28. The van der Waals surface area contributed by atoms with Crippen molar-refractivity contribution in [3.63, 3.8) is 0 Å². The number of carbonyl (C=O) groups excluding carboxylic acids is 1. The van der Waals surface area contributed by atoms with Crippen LogP contribution in [0.1, 0.15) is 22.3 Å². The molecule has 1 rings (SSSR count). The van der Waals surface area contributed by atoms with Gasteiger partial charge in [0.15, 0.2) is 0 Å². The zero-order chi connectivity index (χ0) is 11.3. The quantitative estimate of drug-likeness (QED) is 0.643. The standard InChI is InChI=1S/C11H15NO3/c1-8-7-9(14)3-4-10(8)11(15)12-5-2-6-13/h3-4,7,13-14H,2,5-6H2,1H3,(H,12,15). The Balaban J connectivity index is 2.65. The summed E-state index contributed by atoms with van der Waals surface area (Å²) in [6, 6.07) is 4.61. The summed E-state index contributed by atoms with van der Waals surface area (Å²) in [7, 11) is 0. The van der Waals surface area contributed by atoms with Gasteiger partial charge in [0, 0.05) is 18.7 Å². The van der Waals surface area contributed by atoms with Crippen molar-refractivity contribution in [2.75, 3.05) is 13.2 Å². The highest BCUT2D eigenvalue weighted by Crippen LogP contribution is 2.15. The molecule has 0 bridgehead atoms. The van der Waals surface area contributed by atoms with Gasteiger partial charge >= 0.3 is 0 Å².